The smallest absolute Gasteiger partial charge is 0.243 e. The Balaban J connectivity index is 1.77. The van der Waals surface area contributed by atoms with Crippen molar-refractivity contribution in [2.45, 2.75) is 13.0 Å². The summed E-state index contributed by atoms with van der Waals surface area (Å²) in [6.07, 6.45) is 6.35. The molecule has 9 nitrogen and oxygen atoms in total. The van der Waals surface area contributed by atoms with E-state index >= 15 is 0 Å². The van der Waals surface area contributed by atoms with Gasteiger partial charge < -0.3 is 5.32 Å². The summed E-state index contributed by atoms with van der Waals surface area (Å²) < 4.78 is 24.2. The minimum absolute atomic E-state index is 0.0747. The molecule has 0 fully saturated rings. The molecule has 2 heterocycles. The largest absolute Gasteiger partial charge is 0.354 e. The van der Waals surface area contributed by atoms with E-state index in [1.807, 2.05) is 12.1 Å². The first-order valence-electron chi connectivity index (χ1n) is 6.46. The maximum absolute atomic E-state index is 11.7. The fourth-order valence-corrected chi connectivity index (χ4v) is 2.16. The van der Waals surface area contributed by atoms with Crippen LogP contribution in [0.2, 0.25) is 0 Å². The van der Waals surface area contributed by atoms with Gasteiger partial charge in [0.2, 0.25) is 15.9 Å². The van der Waals surface area contributed by atoms with E-state index in [0.717, 1.165) is 16.6 Å². The third-order valence-electron chi connectivity index (χ3n) is 2.57. The van der Waals surface area contributed by atoms with E-state index in [1.54, 1.807) is 12.4 Å². The minimum atomic E-state index is -3.41. The van der Waals surface area contributed by atoms with E-state index < -0.39 is 10.0 Å². The molecule has 0 atom stereocenters. The number of nitrogens with one attached hydrogen (secondary N) is 2. The van der Waals surface area contributed by atoms with Gasteiger partial charge in [0.25, 0.3) is 0 Å². The van der Waals surface area contributed by atoms with Gasteiger partial charge >= 0.3 is 0 Å². The SMILES string of the molecule is CS(=O)(=O)Nc1cnn(CC(=O)NCCc2cccnc2)n1. The average molecular weight is 324 g/mol. The maximum atomic E-state index is 11.7. The molecule has 1 amide bonds. The summed E-state index contributed by atoms with van der Waals surface area (Å²) >= 11 is 0. The molecule has 10 heteroatoms. The van der Waals surface area contributed by atoms with Crippen molar-refractivity contribution in [2.75, 3.05) is 17.5 Å². The molecule has 0 spiro atoms. The Hall–Kier alpha value is -2.49. The normalized spacial score (nSPS) is 11.1. The van der Waals surface area contributed by atoms with Crippen molar-refractivity contribution in [3.05, 3.63) is 36.3 Å². The van der Waals surface area contributed by atoms with Gasteiger partial charge in [-0.1, -0.05) is 6.07 Å². The number of hydrogen-bond acceptors (Lipinski definition) is 6. The number of anilines is 1. The molecular weight excluding hydrogens is 308 g/mol. The second-order valence-corrected chi connectivity index (χ2v) is 6.34. The lowest BCUT2D eigenvalue weighted by atomic mass is 10.2. The molecule has 0 bridgehead atoms. The van der Waals surface area contributed by atoms with Gasteiger partial charge in [0.1, 0.15) is 6.54 Å². The number of pyridine rings is 1. The van der Waals surface area contributed by atoms with Crippen LogP contribution in [0.1, 0.15) is 5.56 Å². The molecule has 2 aromatic rings. The predicted molar refractivity (Wildman–Crippen MR) is 79.4 cm³/mol. The number of hydrogen-bond donors (Lipinski definition) is 2. The second-order valence-electron chi connectivity index (χ2n) is 4.60. The number of nitrogens with zero attached hydrogens (tertiary/aromatic N) is 4. The van der Waals surface area contributed by atoms with Crippen LogP contribution in [0, 0.1) is 0 Å². The fraction of sp³-hybridized carbons (Fsp3) is 0.333. The van der Waals surface area contributed by atoms with Crippen molar-refractivity contribution in [3.8, 4) is 0 Å². The van der Waals surface area contributed by atoms with Gasteiger partial charge in [-0.2, -0.15) is 9.90 Å². The summed E-state index contributed by atoms with van der Waals surface area (Å²) in [7, 11) is -3.41. The van der Waals surface area contributed by atoms with Crippen LogP contribution in [0.4, 0.5) is 5.82 Å². The molecular formula is C12H16N6O3S. The van der Waals surface area contributed by atoms with Crippen molar-refractivity contribution in [1.82, 2.24) is 25.3 Å². The first kappa shape index (κ1) is 15.9. The summed E-state index contributed by atoms with van der Waals surface area (Å²) in [6.45, 7) is 0.388. The first-order valence-corrected chi connectivity index (χ1v) is 8.35. The average Bonchev–Trinajstić information content (AvgIpc) is 2.84. The standard InChI is InChI=1S/C12H16N6O3S/c1-22(20,21)17-11-8-15-18(16-11)9-12(19)14-6-4-10-3-2-5-13-7-10/h2-3,5,7-8H,4,6,9H2,1H3,(H,14,19)(H,16,17). The molecule has 22 heavy (non-hydrogen) atoms. The molecule has 0 aliphatic heterocycles. The molecule has 0 saturated heterocycles. The highest BCUT2D eigenvalue weighted by molar-refractivity contribution is 7.92. The van der Waals surface area contributed by atoms with Crippen LogP contribution in [0.25, 0.3) is 0 Å². The molecule has 0 aliphatic carbocycles. The van der Waals surface area contributed by atoms with E-state index in [4.69, 9.17) is 0 Å². The van der Waals surface area contributed by atoms with Crippen LogP contribution in [-0.4, -0.2) is 47.1 Å². The highest BCUT2D eigenvalue weighted by Gasteiger charge is 2.08. The highest BCUT2D eigenvalue weighted by Crippen LogP contribution is 2.01. The van der Waals surface area contributed by atoms with E-state index in [0.29, 0.717) is 13.0 Å². The van der Waals surface area contributed by atoms with E-state index in [1.165, 1.54) is 6.20 Å². The van der Waals surface area contributed by atoms with Crippen LogP contribution in [0.5, 0.6) is 0 Å². The molecule has 2 aromatic heterocycles. The maximum Gasteiger partial charge on any atom is 0.243 e. The van der Waals surface area contributed by atoms with Gasteiger partial charge in [-0.3, -0.25) is 14.5 Å². The lowest BCUT2D eigenvalue weighted by molar-refractivity contribution is -0.122. The van der Waals surface area contributed by atoms with Crippen LogP contribution in [0.3, 0.4) is 0 Å². The van der Waals surface area contributed by atoms with Crippen molar-refractivity contribution in [3.63, 3.8) is 0 Å². The molecule has 0 aromatic carbocycles. The quantitative estimate of drug-likeness (QED) is 0.702. The van der Waals surface area contributed by atoms with Crippen LogP contribution in [0.15, 0.2) is 30.7 Å². The zero-order valence-electron chi connectivity index (χ0n) is 11.9. The van der Waals surface area contributed by atoms with Crippen molar-refractivity contribution >= 4 is 21.7 Å². The van der Waals surface area contributed by atoms with E-state index in [9.17, 15) is 13.2 Å². The topological polar surface area (TPSA) is 119 Å². The van der Waals surface area contributed by atoms with E-state index in [-0.39, 0.29) is 18.3 Å². The van der Waals surface area contributed by atoms with E-state index in [2.05, 4.69) is 25.2 Å². The minimum Gasteiger partial charge on any atom is -0.354 e. The number of carbonyl (C=O) groups excluding carboxylic acids is 1. The lowest BCUT2D eigenvalue weighted by Crippen LogP contribution is -2.30. The Kier molecular flexibility index (Phi) is 5.04. The highest BCUT2D eigenvalue weighted by atomic mass is 32.2. The fourth-order valence-electron chi connectivity index (χ4n) is 1.69. The number of aromatic nitrogens is 4. The van der Waals surface area contributed by atoms with Gasteiger partial charge in [-0.15, -0.1) is 5.10 Å². The van der Waals surface area contributed by atoms with Crippen LogP contribution < -0.4 is 10.0 Å². The molecule has 2 N–H and O–H groups in total. The molecule has 2 rings (SSSR count). The van der Waals surface area contributed by atoms with Crippen molar-refractivity contribution < 1.29 is 13.2 Å². The van der Waals surface area contributed by atoms with Gasteiger partial charge in [0.05, 0.1) is 12.5 Å². The predicted octanol–water partition coefficient (Wildman–Crippen LogP) is -0.596. The van der Waals surface area contributed by atoms with Gasteiger partial charge in [-0.25, -0.2) is 8.42 Å². The van der Waals surface area contributed by atoms with Gasteiger partial charge in [0, 0.05) is 18.9 Å². The zero-order valence-corrected chi connectivity index (χ0v) is 12.7. The third-order valence-corrected chi connectivity index (χ3v) is 3.15. The Bertz CT molecular complexity index is 728. The molecule has 0 aliphatic rings. The second kappa shape index (κ2) is 6.98. The Morgan fingerprint density at radius 2 is 2.18 bits per heavy atom. The summed E-state index contributed by atoms with van der Waals surface area (Å²) in [5.41, 5.74) is 1.03. The summed E-state index contributed by atoms with van der Waals surface area (Å²) in [5.74, 6) is -0.184. The number of rotatable bonds is 7. The number of carbonyl (C=O) groups is 1. The van der Waals surface area contributed by atoms with Crippen LogP contribution >= 0.6 is 0 Å². The van der Waals surface area contributed by atoms with Crippen molar-refractivity contribution in [2.24, 2.45) is 0 Å². The number of sulfonamides is 1. The Labute approximate surface area is 127 Å². The van der Waals surface area contributed by atoms with Gasteiger partial charge in [-0.05, 0) is 18.1 Å². The summed E-state index contributed by atoms with van der Waals surface area (Å²) in [4.78, 5) is 16.8. The Morgan fingerprint density at radius 3 is 2.86 bits per heavy atom. The summed E-state index contributed by atoms with van der Waals surface area (Å²) in [6, 6.07) is 3.76. The number of amides is 1. The molecule has 0 radical (unpaired) electrons. The first-order chi connectivity index (χ1) is 10.4. The van der Waals surface area contributed by atoms with Crippen molar-refractivity contribution in [1.29, 1.82) is 0 Å². The van der Waals surface area contributed by atoms with Gasteiger partial charge in [0.15, 0.2) is 5.82 Å². The Morgan fingerprint density at radius 1 is 1.36 bits per heavy atom. The molecule has 0 saturated carbocycles. The molecule has 0 unspecified atom stereocenters. The lowest BCUT2D eigenvalue weighted by Gasteiger charge is -2.04. The van der Waals surface area contributed by atoms with Crippen LogP contribution in [-0.2, 0) is 27.8 Å². The molecule has 118 valence electrons. The summed E-state index contributed by atoms with van der Waals surface area (Å²) in [5, 5.41) is 10.4. The monoisotopic (exact) mass is 324 g/mol. The zero-order chi connectivity index (χ0) is 16.0. The third kappa shape index (κ3) is 5.48.